The smallest absolute Gasteiger partial charge is 0.274 e. The molecular weight excluding hydrogens is 316 g/mol. The Hall–Kier alpha value is -1.63. The fourth-order valence-corrected chi connectivity index (χ4v) is 3.13. The summed E-state index contributed by atoms with van der Waals surface area (Å²) in [6.45, 7) is 2.67. The molecule has 2 aromatic heterocycles. The SMILES string of the molecule is NCCCOC1CCN(C(=O)c2c(Cl)nc3ccccn23)CC1. The fraction of sp³-hybridized carbons (Fsp3) is 0.500. The van der Waals surface area contributed by atoms with Crippen LogP contribution < -0.4 is 5.73 Å². The van der Waals surface area contributed by atoms with E-state index in [0.717, 1.165) is 19.3 Å². The molecule has 0 atom stereocenters. The lowest BCUT2D eigenvalue weighted by molar-refractivity contribution is 0.00827. The van der Waals surface area contributed by atoms with Gasteiger partial charge in [0.15, 0.2) is 10.8 Å². The summed E-state index contributed by atoms with van der Waals surface area (Å²) in [5, 5.41) is 0.252. The first-order chi connectivity index (χ1) is 11.2. The maximum Gasteiger partial charge on any atom is 0.274 e. The number of piperidine rings is 1. The van der Waals surface area contributed by atoms with Gasteiger partial charge in [-0.15, -0.1) is 0 Å². The molecule has 7 heteroatoms. The van der Waals surface area contributed by atoms with E-state index in [9.17, 15) is 4.79 Å². The quantitative estimate of drug-likeness (QED) is 0.847. The molecule has 0 aromatic carbocycles. The van der Waals surface area contributed by atoms with Crippen molar-refractivity contribution in [2.45, 2.75) is 25.4 Å². The van der Waals surface area contributed by atoms with Gasteiger partial charge in [0.2, 0.25) is 0 Å². The Morgan fingerprint density at radius 1 is 1.39 bits per heavy atom. The molecule has 1 amide bonds. The van der Waals surface area contributed by atoms with E-state index in [1.807, 2.05) is 29.3 Å². The number of likely N-dealkylation sites (tertiary alicyclic amines) is 1. The first-order valence-corrected chi connectivity index (χ1v) is 8.32. The largest absolute Gasteiger partial charge is 0.378 e. The number of nitrogens with zero attached hydrogens (tertiary/aromatic N) is 3. The van der Waals surface area contributed by atoms with Crippen molar-refractivity contribution in [2.24, 2.45) is 5.73 Å². The van der Waals surface area contributed by atoms with Crippen LogP contribution >= 0.6 is 11.6 Å². The van der Waals surface area contributed by atoms with E-state index in [1.54, 1.807) is 4.40 Å². The fourth-order valence-electron chi connectivity index (χ4n) is 2.87. The van der Waals surface area contributed by atoms with Crippen LogP contribution in [0.4, 0.5) is 0 Å². The summed E-state index contributed by atoms with van der Waals surface area (Å²) in [6.07, 6.45) is 4.57. The lowest BCUT2D eigenvalue weighted by Gasteiger charge is -2.31. The van der Waals surface area contributed by atoms with Crippen LogP contribution in [0.3, 0.4) is 0 Å². The number of carbonyl (C=O) groups is 1. The van der Waals surface area contributed by atoms with Crippen LogP contribution in [0.15, 0.2) is 24.4 Å². The van der Waals surface area contributed by atoms with Crippen molar-refractivity contribution in [3.63, 3.8) is 0 Å². The molecule has 124 valence electrons. The zero-order chi connectivity index (χ0) is 16.2. The number of imidazole rings is 1. The molecule has 0 aliphatic carbocycles. The molecule has 0 unspecified atom stereocenters. The molecule has 1 aliphatic rings. The Bertz CT molecular complexity index is 680. The van der Waals surface area contributed by atoms with E-state index in [4.69, 9.17) is 22.1 Å². The highest BCUT2D eigenvalue weighted by Crippen LogP contribution is 2.22. The highest BCUT2D eigenvalue weighted by atomic mass is 35.5. The number of hydrogen-bond donors (Lipinski definition) is 1. The van der Waals surface area contributed by atoms with Gasteiger partial charge >= 0.3 is 0 Å². The average Bonchev–Trinajstić information content (AvgIpc) is 2.91. The van der Waals surface area contributed by atoms with Crippen LogP contribution in [0.25, 0.3) is 5.65 Å². The van der Waals surface area contributed by atoms with Crippen LogP contribution in [0.5, 0.6) is 0 Å². The molecule has 0 radical (unpaired) electrons. The van der Waals surface area contributed by atoms with Crippen molar-refractivity contribution >= 4 is 23.2 Å². The minimum absolute atomic E-state index is 0.0749. The number of aromatic nitrogens is 2. The van der Waals surface area contributed by atoms with Crippen LogP contribution in [-0.2, 0) is 4.74 Å². The van der Waals surface area contributed by atoms with Gasteiger partial charge in [-0.05, 0) is 37.9 Å². The van der Waals surface area contributed by atoms with Crippen LogP contribution in [0.2, 0.25) is 5.15 Å². The standard InChI is InChI=1S/C16H21ClN4O2/c17-15-14(21-8-2-1-4-13(21)19-15)16(22)20-9-5-12(6-10-20)23-11-3-7-18/h1-2,4,8,12H,3,5-7,9-11,18H2. The molecule has 23 heavy (non-hydrogen) atoms. The van der Waals surface area contributed by atoms with E-state index in [-0.39, 0.29) is 17.2 Å². The number of rotatable bonds is 5. The Labute approximate surface area is 140 Å². The van der Waals surface area contributed by atoms with Gasteiger partial charge in [0, 0.05) is 25.9 Å². The molecule has 2 aromatic rings. The van der Waals surface area contributed by atoms with Crippen LogP contribution in [0, 0.1) is 0 Å². The van der Waals surface area contributed by atoms with Gasteiger partial charge in [0.1, 0.15) is 5.65 Å². The molecule has 6 nitrogen and oxygen atoms in total. The molecule has 1 aliphatic heterocycles. The van der Waals surface area contributed by atoms with E-state index in [0.29, 0.717) is 37.6 Å². The van der Waals surface area contributed by atoms with Crippen molar-refractivity contribution in [1.82, 2.24) is 14.3 Å². The first kappa shape index (κ1) is 16.2. The molecule has 3 heterocycles. The maximum absolute atomic E-state index is 12.8. The topological polar surface area (TPSA) is 72.9 Å². The summed E-state index contributed by atoms with van der Waals surface area (Å²) in [5.41, 5.74) is 6.58. The summed E-state index contributed by atoms with van der Waals surface area (Å²) >= 11 is 6.18. The van der Waals surface area contributed by atoms with Gasteiger partial charge in [-0.25, -0.2) is 4.98 Å². The lowest BCUT2D eigenvalue weighted by atomic mass is 10.1. The third-order valence-electron chi connectivity index (χ3n) is 4.12. The number of hydrogen-bond acceptors (Lipinski definition) is 4. The first-order valence-electron chi connectivity index (χ1n) is 7.94. The predicted octanol–water partition coefficient (Wildman–Crippen LogP) is 1.96. The van der Waals surface area contributed by atoms with E-state index < -0.39 is 0 Å². The second kappa shape index (κ2) is 7.29. The molecule has 0 spiro atoms. The highest BCUT2D eigenvalue weighted by Gasteiger charge is 2.27. The minimum atomic E-state index is -0.0749. The van der Waals surface area contributed by atoms with Gasteiger partial charge in [-0.3, -0.25) is 9.20 Å². The van der Waals surface area contributed by atoms with E-state index in [1.165, 1.54) is 0 Å². The summed E-state index contributed by atoms with van der Waals surface area (Å²) in [5.74, 6) is -0.0749. The molecule has 0 bridgehead atoms. The van der Waals surface area contributed by atoms with Gasteiger partial charge in [0.05, 0.1) is 6.10 Å². The summed E-state index contributed by atoms with van der Waals surface area (Å²) in [7, 11) is 0. The number of nitrogens with two attached hydrogens (primary N) is 1. The Morgan fingerprint density at radius 3 is 2.91 bits per heavy atom. The van der Waals surface area contributed by atoms with Gasteiger partial charge in [-0.2, -0.15) is 0 Å². The molecular formula is C16H21ClN4O2. The third kappa shape index (κ3) is 3.49. The maximum atomic E-state index is 12.8. The third-order valence-corrected chi connectivity index (χ3v) is 4.38. The number of carbonyl (C=O) groups excluding carboxylic acids is 1. The van der Waals surface area contributed by atoms with Crippen molar-refractivity contribution in [1.29, 1.82) is 0 Å². The number of pyridine rings is 1. The lowest BCUT2D eigenvalue weighted by Crippen LogP contribution is -2.41. The normalized spacial score (nSPS) is 16.2. The van der Waals surface area contributed by atoms with Crippen LogP contribution in [0.1, 0.15) is 29.8 Å². The predicted molar refractivity (Wildman–Crippen MR) is 88.8 cm³/mol. The molecule has 1 saturated heterocycles. The van der Waals surface area contributed by atoms with Gasteiger partial charge in [0.25, 0.3) is 5.91 Å². The summed E-state index contributed by atoms with van der Waals surface area (Å²) in [4.78, 5) is 18.8. The molecule has 1 fully saturated rings. The van der Waals surface area contributed by atoms with Crippen LogP contribution in [-0.4, -0.2) is 52.5 Å². The Kier molecular flexibility index (Phi) is 5.15. The number of amides is 1. The zero-order valence-corrected chi connectivity index (χ0v) is 13.7. The molecule has 3 rings (SSSR count). The summed E-state index contributed by atoms with van der Waals surface area (Å²) in [6, 6.07) is 5.57. The molecule has 0 saturated carbocycles. The van der Waals surface area contributed by atoms with Crippen molar-refractivity contribution in [3.05, 3.63) is 35.2 Å². The average molecular weight is 337 g/mol. The van der Waals surface area contributed by atoms with E-state index >= 15 is 0 Å². The Morgan fingerprint density at radius 2 is 2.17 bits per heavy atom. The van der Waals surface area contributed by atoms with Crippen molar-refractivity contribution < 1.29 is 9.53 Å². The monoisotopic (exact) mass is 336 g/mol. The number of ether oxygens (including phenoxy) is 1. The molecule has 2 N–H and O–H groups in total. The van der Waals surface area contributed by atoms with Crippen molar-refractivity contribution in [2.75, 3.05) is 26.2 Å². The summed E-state index contributed by atoms with van der Waals surface area (Å²) < 4.78 is 7.52. The van der Waals surface area contributed by atoms with Gasteiger partial charge < -0.3 is 15.4 Å². The zero-order valence-electron chi connectivity index (χ0n) is 12.9. The number of halogens is 1. The second-order valence-electron chi connectivity index (χ2n) is 5.68. The van der Waals surface area contributed by atoms with Gasteiger partial charge in [-0.1, -0.05) is 17.7 Å². The Balaban J connectivity index is 1.66. The van der Waals surface area contributed by atoms with E-state index in [2.05, 4.69) is 4.98 Å². The highest BCUT2D eigenvalue weighted by molar-refractivity contribution is 6.32. The minimum Gasteiger partial charge on any atom is -0.378 e. The van der Waals surface area contributed by atoms with Crippen molar-refractivity contribution in [3.8, 4) is 0 Å². The second-order valence-corrected chi connectivity index (χ2v) is 6.04. The number of fused-ring (bicyclic) bond motifs is 1.